The molecule has 10 nitrogen and oxygen atoms in total. The van der Waals surface area contributed by atoms with E-state index in [2.05, 4.69) is 36.7 Å². The van der Waals surface area contributed by atoms with Gasteiger partial charge in [-0.3, -0.25) is 19.2 Å². The first-order valence-corrected chi connectivity index (χ1v) is 16.3. The number of urea groups is 1. The molecule has 2 aliphatic rings. The van der Waals surface area contributed by atoms with Gasteiger partial charge < -0.3 is 26.6 Å². The average Bonchev–Trinajstić information content (AvgIpc) is 3.39. The summed E-state index contributed by atoms with van der Waals surface area (Å²) in [6.45, 7) is 12.1. The lowest BCUT2D eigenvalue weighted by Crippen LogP contribution is -2.61. The second kappa shape index (κ2) is 15.8. The highest BCUT2D eigenvalue weighted by Gasteiger charge is 2.43. The fourth-order valence-corrected chi connectivity index (χ4v) is 6.65. The maximum atomic E-state index is 14.0. The summed E-state index contributed by atoms with van der Waals surface area (Å²) in [5, 5.41) is 8.47. The zero-order valence-electron chi connectivity index (χ0n) is 26.4. The summed E-state index contributed by atoms with van der Waals surface area (Å²) in [5.74, 6) is -1.77. The number of nitrogens with two attached hydrogens (primary N) is 1. The first-order chi connectivity index (χ1) is 20.1. The summed E-state index contributed by atoms with van der Waals surface area (Å²) in [6, 6.07) is 6.85. The number of carbonyl (C=O) groups excluding carboxylic acids is 5. The van der Waals surface area contributed by atoms with Gasteiger partial charge in [0.25, 0.3) is 5.91 Å². The Morgan fingerprint density at radius 2 is 1.55 bits per heavy atom. The summed E-state index contributed by atoms with van der Waals surface area (Å²) in [4.78, 5) is 66.4. The Labute approximate surface area is 267 Å². The van der Waals surface area contributed by atoms with Gasteiger partial charge >= 0.3 is 6.03 Å². The fourth-order valence-electron chi connectivity index (χ4n) is 5.40. The van der Waals surface area contributed by atoms with Crippen LogP contribution in [0.3, 0.4) is 0 Å². The third-order valence-electron chi connectivity index (χ3n) is 8.20. The van der Waals surface area contributed by atoms with Gasteiger partial charge in [0.2, 0.25) is 17.6 Å². The first kappa shape index (κ1) is 37.1. The van der Waals surface area contributed by atoms with Crippen molar-refractivity contribution in [2.24, 2.45) is 22.5 Å². The number of primary amides is 1. The van der Waals surface area contributed by atoms with E-state index in [1.165, 1.54) is 4.90 Å². The monoisotopic (exact) mass is 631 g/mol. The lowest BCUT2D eigenvalue weighted by atomic mass is 9.80. The number of ketones is 1. The van der Waals surface area contributed by atoms with Crippen LogP contribution in [-0.2, 0) is 24.9 Å². The molecule has 2 fully saturated rings. The molecule has 3 rings (SSSR count). The van der Waals surface area contributed by atoms with Crippen LogP contribution in [0.15, 0.2) is 30.3 Å². The second-order valence-electron chi connectivity index (χ2n) is 14.0. The van der Waals surface area contributed by atoms with E-state index in [1.807, 2.05) is 51.1 Å². The molecule has 0 spiro atoms. The van der Waals surface area contributed by atoms with E-state index < -0.39 is 47.2 Å². The molecule has 1 aliphatic heterocycles. The van der Waals surface area contributed by atoms with Gasteiger partial charge in [-0.25, -0.2) is 4.79 Å². The van der Waals surface area contributed by atoms with Crippen molar-refractivity contribution in [1.29, 1.82) is 0 Å². The van der Waals surface area contributed by atoms with Crippen molar-refractivity contribution >= 4 is 41.3 Å². The van der Waals surface area contributed by atoms with Gasteiger partial charge in [0.05, 0.1) is 11.4 Å². The molecule has 11 heteroatoms. The Hall–Kier alpha value is -3.08. The maximum absolute atomic E-state index is 14.0. The van der Waals surface area contributed by atoms with Crippen molar-refractivity contribution in [3.63, 3.8) is 0 Å². The largest absolute Gasteiger partial charge is 0.363 e. The predicted octanol–water partition coefficient (Wildman–Crippen LogP) is 4.36. The molecule has 1 saturated carbocycles. The maximum Gasteiger partial charge on any atom is 0.316 e. The number of benzene rings is 1. The molecule has 4 atom stereocenters. The summed E-state index contributed by atoms with van der Waals surface area (Å²) in [5.41, 5.74) is 5.51. The summed E-state index contributed by atoms with van der Waals surface area (Å²) < 4.78 is 0. The molecular formula is C33H53N5O5S. The highest BCUT2D eigenvalue weighted by atomic mass is 32.2. The number of hydrogen-bond acceptors (Lipinski definition) is 6. The van der Waals surface area contributed by atoms with Crippen LogP contribution in [0, 0.1) is 16.7 Å². The lowest BCUT2D eigenvalue weighted by Gasteiger charge is -2.37. The minimum Gasteiger partial charge on any atom is -0.363 e. The molecule has 1 heterocycles. The molecule has 1 saturated heterocycles. The van der Waals surface area contributed by atoms with E-state index in [0.717, 1.165) is 30.6 Å². The number of hydrogen-bond donors (Lipinski definition) is 4. The lowest BCUT2D eigenvalue weighted by molar-refractivity contribution is -0.143. The van der Waals surface area contributed by atoms with E-state index in [-0.39, 0.29) is 30.0 Å². The summed E-state index contributed by atoms with van der Waals surface area (Å²) >= 11 is 1.62. The van der Waals surface area contributed by atoms with Gasteiger partial charge in [0, 0.05) is 12.3 Å². The van der Waals surface area contributed by atoms with Crippen LogP contribution >= 0.6 is 11.8 Å². The highest BCUT2D eigenvalue weighted by molar-refractivity contribution is 7.99. The molecule has 1 aliphatic carbocycles. The second-order valence-corrected chi connectivity index (χ2v) is 15.1. The molecule has 246 valence electrons. The van der Waals surface area contributed by atoms with E-state index in [4.69, 9.17) is 5.73 Å². The molecular weight excluding hydrogens is 578 g/mol. The normalized spacial score (nSPS) is 19.0. The zero-order valence-corrected chi connectivity index (χ0v) is 27.2. The minimum atomic E-state index is -1.08. The number of amides is 5. The molecule has 1 aromatic rings. The van der Waals surface area contributed by atoms with Gasteiger partial charge in [0.1, 0.15) is 12.1 Å². The Kier molecular flexibility index (Phi) is 13.3. The number of likely N-dealkylation sites (tertiary alicyclic amines) is 1. The molecule has 44 heavy (non-hydrogen) atoms. The van der Waals surface area contributed by atoms with Crippen molar-refractivity contribution in [3.05, 3.63) is 35.9 Å². The van der Waals surface area contributed by atoms with E-state index in [9.17, 15) is 24.0 Å². The van der Waals surface area contributed by atoms with Crippen molar-refractivity contribution in [3.8, 4) is 0 Å². The summed E-state index contributed by atoms with van der Waals surface area (Å²) in [7, 11) is 0. The van der Waals surface area contributed by atoms with Gasteiger partial charge in [-0.2, -0.15) is 0 Å². The van der Waals surface area contributed by atoms with Gasteiger partial charge in [-0.15, -0.1) is 11.8 Å². The number of nitrogens with one attached hydrogen (secondary N) is 3. The number of carbonyl (C=O) groups is 5. The molecule has 3 unspecified atom stereocenters. The Balaban J connectivity index is 0.00000675. The fraction of sp³-hybridized carbons (Fsp3) is 0.667. The number of thioether (sulfide) groups is 1. The van der Waals surface area contributed by atoms with Gasteiger partial charge in [-0.05, 0) is 41.6 Å². The SMILES string of the molecule is C.CC(C)(C)C(NC(=O)NC(C(=O)N1CCC[C@H]1C(=O)NC(CC1CCC1)C(=O)C(N)=O)C(C)(C)C)SCc1ccccc1. The van der Waals surface area contributed by atoms with Crippen LogP contribution in [0.5, 0.6) is 0 Å². The van der Waals surface area contributed by atoms with Crippen LogP contribution in [0.2, 0.25) is 0 Å². The Bertz CT molecular complexity index is 1160. The first-order valence-electron chi connectivity index (χ1n) is 15.2. The van der Waals surface area contributed by atoms with Crippen LogP contribution in [0.1, 0.15) is 93.1 Å². The average molecular weight is 632 g/mol. The highest BCUT2D eigenvalue weighted by Crippen LogP contribution is 2.32. The minimum absolute atomic E-state index is 0. The third-order valence-corrected chi connectivity index (χ3v) is 9.86. The smallest absolute Gasteiger partial charge is 0.316 e. The van der Waals surface area contributed by atoms with E-state index >= 15 is 0 Å². The number of rotatable bonds is 12. The molecule has 0 radical (unpaired) electrons. The molecule has 0 bridgehead atoms. The molecule has 1 aromatic carbocycles. The van der Waals surface area contributed by atoms with Gasteiger partial charge in [-0.1, -0.05) is 98.6 Å². The molecule has 0 aromatic heterocycles. The zero-order chi connectivity index (χ0) is 31.9. The van der Waals surface area contributed by atoms with Crippen molar-refractivity contribution in [2.45, 2.75) is 117 Å². The van der Waals surface area contributed by atoms with Crippen molar-refractivity contribution in [1.82, 2.24) is 20.9 Å². The van der Waals surface area contributed by atoms with Crippen LogP contribution in [0.25, 0.3) is 0 Å². The van der Waals surface area contributed by atoms with Gasteiger partial charge in [0.15, 0.2) is 0 Å². The van der Waals surface area contributed by atoms with Crippen LogP contribution < -0.4 is 21.7 Å². The molecule has 5 amide bonds. The van der Waals surface area contributed by atoms with E-state index in [0.29, 0.717) is 25.8 Å². The third kappa shape index (κ3) is 10.2. The summed E-state index contributed by atoms with van der Waals surface area (Å²) in [6.07, 6.45) is 4.31. The standard InChI is InChI=1S/C32H49N5O5S.CH4/c1-31(2,3)25(35-30(42)36-29(32(4,5)6)43-19-21-12-8-7-9-13-21)28(41)37-17-11-16-23(37)27(40)34-22(24(38)26(33)39)18-20-14-10-15-20;/h7-9,12-13,20,22-23,25,29H,10-11,14-19H2,1-6H3,(H2,33,39)(H,34,40)(H2,35,36,42);1H4/t22?,23-,25?,29?;/m0./s1. The van der Waals surface area contributed by atoms with Crippen LogP contribution in [0.4, 0.5) is 4.79 Å². The quantitative estimate of drug-likeness (QED) is 0.199. The topological polar surface area (TPSA) is 151 Å². The predicted molar refractivity (Wildman–Crippen MR) is 175 cm³/mol. The van der Waals surface area contributed by atoms with Crippen LogP contribution in [-0.4, -0.2) is 64.5 Å². The van der Waals surface area contributed by atoms with E-state index in [1.54, 1.807) is 11.8 Å². The number of Topliss-reactive ketones (excluding diaryl/α,β-unsaturated/α-hetero) is 1. The molecule has 5 N–H and O–H groups in total. The number of nitrogens with zero attached hydrogens (tertiary/aromatic N) is 1. The Morgan fingerprint density at radius 3 is 2.07 bits per heavy atom. The Morgan fingerprint density at radius 1 is 0.909 bits per heavy atom. The van der Waals surface area contributed by atoms with Crippen molar-refractivity contribution < 1.29 is 24.0 Å². The van der Waals surface area contributed by atoms with Crippen molar-refractivity contribution in [2.75, 3.05) is 6.54 Å².